The molecule has 2 N–H and O–H groups in total. The molecule has 192 valence electrons. The van der Waals surface area contributed by atoms with Crippen molar-refractivity contribution in [2.75, 3.05) is 33.8 Å². The number of ether oxygens (including phenoxy) is 1. The first-order valence-electron chi connectivity index (χ1n) is 11.5. The maximum Gasteiger partial charge on any atom is 0.355 e. The Bertz CT molecular complexity index is 1230. The second-order valence-electron chi connectivity index (χ2n) is 8.84. The molecule has 1 aromatic carbocycles. The van der Waals surface area contributed by atoms with Gasteiger partial charge < -0.3 is 24.6 Å². The Balaban J connectivity index is 2.17. The zero-order chi connectivity index (χ0) is 26.7. The highest BCUT2D eigenvalue weighted by atomic mass is 16.6. The van der Waals surface area contributed by atoms with E-state index in [1.165, 1.54) is 29.2 Å². The predicted molar refractivity (Wildman–Crippen MR) is 132 cm³/mol. The van der Waals surface area contributed by atoms with Crippen molar-refractivity contribution in [3.63, 3.8) is 0 Å². The van der Waals surface area contributed by atoms with Crippen LogP contribution in [0.3, 0.4) is 0 Å². The third-order valence-corrected chi connectivity index (χ3v) is 6.12. The Morgan fingerprint density at radius 2 is 1.86 bits per heavy atom. The van der Waals surface area contributed by atoms with Gasteiger partial charge in [0, 0.05) is 29.9 Å². The number of rotatable bonds is 9. The van der Waals surface area contributed by atoms with Crippen LogP contribution in [0.1, 0.15) is 52.3 Å². The topological polar surface area (TPSA) is 146 Å². The van der Waals surface area contributed by atoms with Gasteiger partial charge in [-0.05, 0) is 71.1 Å². The predicted octanol–water partition coefficient (Wildman–Crippen LogP) is 3.09. The van der Waals surface area contributed by atoms with E-state index >= 15 is 0 Å². The normalized spacial score (nSPS) is 17.2. The van der Waals surface area contributed by atoms with Crippen LogP contribution in [0.5, 0.6) is 0 Å². The Kier molecular flexibility index (Phi) is 7.93. The number of aliphatic hydroxyl groups excluding tert-OH is 1. The van der Waals surface area contributed by atoms with Crippen LogP contribution in [0.15, 0.2) is 29.8 Å². The van der Waals surface area contributed by atoms with Gasteiger partial charge in [0.25, 0.3) is 17.4 Å². The third-order valence-electron chi connectivity index (χ3n) is 6.12. The highest BCUT2D eigenvalue weighted by molar-refractivity contribution is 6.46. The average Bonchev–Trinajstić information content (AvgIpc) is 3.26. The molecule has 0 spiro atoms. The van der Waals surface area contributed by atoms with E-state index in [1.807, 2.05) is 19.0 Å². The van der Waals surface area contributed by atoms with E-state index in [2.05, 4.69) is 4.98 Å². The standard InChI is InChI=1S/C25H30N4O7/c1-6-36-25(33)20-14(2)18(15(3)26-20)22(30)19-21(16-8-10-17(11-9-16)29(34)35)28(24(32)23(19)31)13-7-12-27(4)5/h8-11,21,26,30H,6-7,12-13H2,1-5H3/b22-19+/t21-/m1/s1. The van der Waals surface area contributed by atoms with Crippen molar-refractivity contribution < 1.29 is 29.2 Å². The number of nitrogens with one attached hydrogen (secondary N) is 1. The molecule has 1 aliphatic rings. The lowest BCUT2D eigenvalue weighted by molar-refractivity contribution is -0.384. The molecule has 0 radical (unpaired) electrons. The zero-order valence-electron chi connectivity index (χ0n) is 21.0. The van der Waals surface area contributed by atoms with Crippen LogP contribution in [-0.4, -0.2) is 76.3 Å². The van der Waals surface area contributed by atoms with Crippen LogP contribution < -0.4 is 0 Å². The number of Topliss-reactive ketones (excluding diaryl/α,β-unsaturated/α-hetero) is 1. The largest absolute Gasteiger partial charge is 0.507 e. The number of ketones is 1. The number of likely N-dealkylation sites (tertiary alicyclic amines) is 1. The number of nitro groups is 1. The summed E-state index contributed by atoms with van der Waals surface area (Å²) in [5.74, 6) is -2.66. The van der Waals surface area contributed by atoms with Gasteiger partial charge in [-0.3, -0.25) is 19.7 Å². The molecule has 2 heterocycles. The van der Waals surface area contributed by atoms with Crippen LogP contribution in [0.4, 0.5) is 5.69 Å². The number of aliphatic hydroxyl groups is 1. The molecule has 1 amide bonds. The van der Waals surface area contributed by atoms with Crippen molar-refractivity contribution in [3.05, 3.63) is 68.0 Å². The maximum atomic E-state index is 13.2. The summed E-state index contributed by atoms with van der Waals surface area (Å²) in [6, 6.07) is 4.58. The number of aryl methyl sites for hydroxylation is 1. The van der Waals surface area contributed by atoms with Gasteiger partial charge in [-0.15, -0.1) is 0 Å². The van der Waals surface area contributed by atoms with Crippen molar-refractivity contribution in [2.45, 2.75) is 33.2 Å². The molecular formula is C25H30N4O7. The summed E-state index contributed by atoms with van der Waals surface area (Å²) in [5, 5.41) is 22.5. The minimum Gasteiger partial charge on any atom is -0.507 e. The number of aromatic nitrogens is 1. The molecule has 36 heavy (non-hydrogen) atoms. The number of H-pyrrole nitrogens is 1. The van der Waals surface area contributed by atoms with Crippen LogP contribution in [0.2, 0.25) is 0 Å². The first kappa shape index (κ1) is 26.6. The lowest BCUT2D eigenvalue weighted by Gasteiger charge is -2.26. The van der Waals surface area contributed by atoms with Crippen molar-refractivity contribution in [1.82, 2.24) is 14.8 Å². The van der Waals surface area contributed by atoms with E-state index in [-0.39, 0.29) is 35.7 Å². The van der Waals surface area contributed by atoms with E-state index in [0.29, 0.717) is 29.8 Å². The molecule has 1 fully saturated rings. The molecule has 2 aromatic rings. The molecule has 1 aliphatic heterocycles. The average molecular weight is 499 g/mol. The number of nitrogens with zero attached hydrogens (tertiary/aromatic N) is 3. The van der Waals surface area contributed by atoms with Gasteiger partial charge in [0.2, 0.25) is 0 Å². The number of hydrogen-bond donors (Lipinski definition) is 2. The van der Waals surface area contributed by atoms with Gasteiger partial charge in [-0.1, -0.05) is 0 Å². The molecule has 0 saturated carbocycles. The monoisotopic (exact) mass is 498 g/mol. The molecule has 1 aromatic heterocycles. The number of carbonyl (C=O) groups is 3. The van der Waals surface area contributed by atoms with E-state index < -0.39 is 34.4 Å². The first-order chi connectivity index (χ1) is 17.0. The van der Waals surface area contributed by atoms with E-state index in [4.69, 9.17) is 4.74 Å². The number of hydrogen-bond acceptors (Lipinski definition) is 8. The number of non-ortho nitro benzene ring substituents is 1. The summed E-state index contributed by atoms with van der Waals surface area (Å²) >= 11 is 0. The molecular weight excluding hydrogens is 468 g/mol. The van der Waals surface area contributed by atoms with E-state index in [1.54, 1.807) is 20.8 Å². The van der Waals surface area contributed by atoms with Gasteiger partial charge >= 0.3 is 5.97 Å². The fraction of sp³-hybridized carbons (Fsp3) is 0.400. The van der Waals surface area contributed by atoms with Crippen molar-refractivity contribution in [2.24, 2.45) is 0 Å². The van der Waals surface area contributed by atoms with Crippen molar-refractivity contribution >= 4 is 29.1 Å². The molecule has 0 aliphatic carbocycles. The summed E-state index contributed by atoms with van der Waals surface area (Å²) in [5.41, 5.74) is 1.35. The smallest absolute Gasteiger partial charge is 0.355 e. The summed E-state index contributed by atoms with van der Waals surface area (Å²) in [6.45, 7) is 5.98. The van der Waals surface area contributed by atoms with Crippen LogP contribution in [0, 0.1) is 24.0 Å². The number of aromatic amines is 1. The lowest BCUT2D eigenvalue weighted by Crippen LogP contribution is -2.32. The molecule has 1 atom stereocenters. The van der Waals surface area contributed by atoms with Gasteiger partial charge in [-0.2, -0.15) is 0 Å². The Morgan fingerprint density at radius 3 is 2.42 bits per heavy atom. The molecule has 3 rings (SSSR count). The highest BCUT2D eigenvalue weighted by Crippen LogP contribution is 2.41. The van der Waals surface area contributed by atoms with Crippen LogP contribution >= 0.6 is 0 Å². The number of carbonyl (C=O) groups excluding carboxylic acids is 3. The van der Waals surface area contributed by atoms with Crippen molar-refractivity contribution in [1.29, 1.82) is 0 Å². The molecule has 1 saturated heterocycles. The summed E-state index contributed by atoms with van der Waals surface area (Å²) in [4.78, 5) is 55.5. The molecule has 0 bridgehead atoms. The maximum absolute atomic E-state index is 13.2. The van der Waals surface area contributed by atoms with Gasteiger partial charge in [0.15, 0.2) is 0 Å². The minimum atomic E-state index is -0.951. The van der Waals surface area contributed by atoms with Crippen molar-refractivity contribution in [3.8, 4) is 0 Å². The second kappa shape index (κ2) is 10.7. The Morgan fingerprint density at radius 1 is 1.22 bits per heavy atom. The third kappa shape index (κ3) is 5.01. The summed E-state index contributed by atoms with van der Waals surface area (Å²) in [7, 11) is 3.78. The molecule has 11 heteroatoms. The SMILES string of the molecule is CCOC(=O)c1[nH]c(C)c(/C(O)=C2\C(=O)C(=O)N(CCCN(C)C)[C@@H]2c2ccc([N+](=O)[O-])cc2)c1C. The first-order valence-corrected chi connectivity index (χ1v) is 11.5. The minimum absolute atomic E-state index is 0.139. The van der Waals surface area contributed by atoms with Gasteiger partial charge in [0.05, 0.1) is 23.1 Å². The van der Waals surface area contributed by atoms with E-state index in [9.17, 15) is 29.6 Å². The van der Waals surface area contributed by atoms with Gasteiger partial charge in [0.1, 0.15) is 11.5 Å². The summed E-state index contributed by atoms with van der Waals surface area (Å²) < 4.78 is 5.07. The Hall–Kier alpha value is -3.99. The lowest BCUT2D eigenvalue weighted by atomic mass is 9.94. The Labute approximate surface area is 208 Å². The van der Waals surface area contributed by atoms with Gasteiger partial charge in [-0.25, -0.2) is 4.79 Å². The highest BCUT2D eigenvalue weighted by Gasteiger charge is 2.46. The summed E-state index contributed by atoms with van der Waals surface area (Å²) in [6.07, 6.45) is 0.568. The van der Waals surface area contributed by atoms with Crippen LogP contribution in [-0.2, 0) is 14.3 Å². The molecule has 11 nitrogen and oxygen atoms in total. The second-order valence-corrected chi connectivity index (χ2v) is 8.84. The molecule has 0 unspecified atom stereocenters. The number of nitro benzene ring substituents is 1. The van der Waals surface area contributed by atoms with Crippen LogP contribution in [0.25, 0.3) is 5.76 Å². The fourth-order valence-electron chi connectivity index (χ4n) is 4.44. The fourth-order valence-corrected chi connectivity index (χ4v) is 4.44. The number of amides is 1. The zero-order valence-corrected chi connectivity index (χ0v) is 21.0. The quantitative estimate of drug-likeness (QED) is 0.134. The number of benzene rings is 1. The van der Waals surface area contributed by atoms with E-state index in [0.717, 1.165) is 0 Å². The number of esters is 1.